The van der Waals surface area contributed by atoms with Crippen molar-refractivity contribution in [3.05, 3.63) is 40.7 Å². The van der Waals surface area contributed by atoms with Crippen molar-refractivity contribution in [2.45, 2.75) is 23.0 Å². The Hall–Kier alpha value is -1.13. The standard InChI is InChI=1S/C14H17ClN2O4S3/c1-3-17(4-2)24(20,21)12-7-5-11(6-8-12)16-23(18,19)14-10-9-13(15)22-14/h5-10,16H,3-4H2,1-2H3. The van der Waals surface area contributed by atoms with Gasteiger partial charge in [0.25, 0.3) is 10.0 Å². The van der Waals surface area contributed by atoms with Crippen molar-refractivity contribution < 1.29 is 16.8 Å². The molecule has 6 nitrogen and oxygen atoms in total. The zero-order valence-electron chi connectivity index (χ0n) is 13.1. The highest BCUT2D eigenvalue weighted by Crippen LogP contribution is 2.27. The van der Waals surface area contributed by atoms with Gasteiger partial charge in [0.15, 0.2) is 0 Å². The summed E-state index contributed by atoms with van der Waals surface area (Å²) >= 11 is 6.70. The largest absolute Gasteiger partial charge is 0.279 e. The van der Waals surface area contributed by atoms with E-state index in [0.717, 1.165) is 11.3 Å². The van der Waals surface area contributed by atoms with E-state index in [1.807, 2.05) is 0 Å². The number of halogens is 1. The minimum Gasteiger partial charge on any atom is -0.279 e. The number of nitrogens with zero attached hydrogens (tertiary/aromatic N) is 1. The van der Waals surface area contributed by atoms with Gasteiger partial charge < -0.3 is 0 Å². The molecule has 1 aromatic heterocycles. The van der Waals surface area contributed by atoms with E-state index in [1.54, 1.807) is 13.8 Å². The fraction of sp³-hybridized carbons (Fsp3) is 0.286. The quantitative estimate of drug-likeness (QED) is 0.762. The van der Waals surface area contributed by atoms with Gasteiger partial charge in [-0.2, -0.15) is 4.31 Å². The van der Waals surface area contributed by atoms with E-state index in [9.17, 15) is 16.8 Å². The Balaban J connectivity index is 2.24. The number of hydrogen-bond acceptors (Lipinski definition) is 5. The lowest BCUT2D eigenvalue weighted by atomic mass is 10.3. The van der Waals surface area contributed by atoms with Gasteiger partial charge in [-0.3, -0.25) is 4.72 Å². The van der Waals surface area contributed by atoms with Crippen molar-refractivity contribution in [2.75, 3.05) is 17.8 Å². The molecule has 0 aliphatic rings. The van der Waals surface area contributed by atoms with Gasteiger partial charge in [0.2, 0.25) is 10.0 Å². The molecule has 1 N–H and O–H groups in total. The van der Waals surface area contributed by atoms with E-state index in [0.29, 0.717) is 17.4 Å². The van der Waals surface area contributed by atoms with Crippen LogP contribution in [0.1, 0.15) is 13.8 Å². The summed E-state index contributed by atoms with van der Waals surface area (Å²) in [5.74, 6) is 0. The number of benzene rings is 1. The van der Waals surface area contributed by atoms with Crippen LogP contribution < -0.4 is 4.72 Å². The van der Waals surface area contributed by atoms with E-state index < -0.39 is 20.0 Å². The molecule has 0 aliphatic heterocycles. The predicted molar refractivity (Wildman–Crippen MR) is 96.7 cm³/mol. The Labute approximate surface area is 151 Å². The van der Waals surface area contributed by atoms with Gasteiger partial charge in [0.1, 0.15) is 4.21 Å². The molecule has 0 atom stereocenters. The van der Waals surface area contributed by atoms with Crippen LogP contribution in [0.5, 0.6) is 0 Å². The SMILES string of the molecule is CCN(CC)S(=O)(=O)c1ccc(NS(=O)(=O)c2ccc(Cl)s2)cc1. The van der Waals surface area contributed by atoms with Crippen molar-refractivity contribution >= 4 is 48.7 Å². The Morgan fingerprint density at radius 3 is 2.04 bits per heavy atom. The molecule has 0 spiro atoms. The lowest BCUT2D eigenvalue weighted by molar-refractivity contribution is 0.445. The van der Waals surface area contributed by atoms with E-state index in [-0.39, 0.29) is 14.8 Å². The monoisotopic (exact) mass is 408 g/mol. The Bertz CT molecular complexity index is 902. The van der Waals surface area contributed by atoms with Crippen LogP contribution in [0.3, 0.4) is 0 Å². The molecular formula is C14H17ClN2O4S3. The summed E-state index contributed by atoms with van der Waals surface area (Å²) in [6.45, 7) is 4.25. The van der Waals surface area contributed by atoms with Gasteiger partial charge in [0, 0.05) is 18.8 Å². The third kappa shape index (κ3) is 4.09. The second kappa shape index (κ2) is 7.40. The summed E-state index contributed by atoms with van der Waals surface area (Å²) < 4.78 is 53.4. The highest BCUT2D eigenvalue weighted by Gasteiger charge is 2.22. The maximum absolute atomic E-state index is 12.4. The molecule has 1 aromatic carbocycles. The lowest BCUT2D eigenvalue weighted by Gasteiger charge is -2.18. The van der Waals surface area contributed by atoms with Crippen LogP contribution >= 0.6 is 22.9 Å². The molecule has 24 heavy (non-hydrogen) atoms. The number of anilines is 1. The molecule has 2 aromatic rings. The number of hydrogen-bond donors (Lipinski definition) is 1. The molecule has 0 amide bonds. The number of thiophene rings is 1. The average molecular weight is 409 g/mol. The summed E-state index contributed by atoms with van der Waals surface area (Å²) in [5.41, 5.74) is 0.276. The molecule has 0 saturated heterocycles. The number of rotatable bonds is 7. The third-order valence-electron chi connectivity index (χ3n) is 3.26. The molecule has 0 saturated carbocycles. The van der Waals surface area contributed by atoms with Gasteiger partial charge in [-0.25, -0.2) is 16.8 Å². The highest BCUT2D eigenvalue weighted by atomic mass is 35.5. The minimum absolute atomic E-state index is 0.0901. The molecule has 0 radical (unpaired) electrons. The number of sulfonamides is 2. The summed E-state index contributed by atoms with van der Waals surface area (Å²) in [7, 11) is -7.31. The fourth-order valence-corrected chi connectivity index (χ4v) is 6.05. The normalized spacial score (nSPS) is 12.5. The molecule has 0 aliphatic carbocycles. The van der Waals surface area contributed by atoms with E-state index in [2.05, 4.69) is 4.72 Å². The first-order valence-corrected chi connectivity index (χ1v) is 11.2. The van der Waals surface area contributed by atoms with Crippen molar-refractivity contribution in [3.8, 4) is 0 Å². The molecular weight excluding hydrogens is 392 g/mol. The molecule has 2 rings (SSSR count). The Morgan fingerprint density at radius 2 is 1.58 bits per heavy atom. The smallest absolute Gasteiger partial charge is 0.271 e. The van der Waals surface area contributed by atoms with Crippen LogP contribution in [-0.4, -0.2) is 34.2 Å². The van der Waals surface area contributed by atoms with Crippen LogP contribution in [0.15, 0.2) is 45.5 Å². The average Bonchev–Trinajstić information content (AvgIpc) is 2.96. The van der Waals surface area contributed by atoms with E-state index in [4.69, 9.17) is 11.6 Å². The van der Waals surface area contributed by atoms with E-state index >= 15 is 0 Å². The zero-order valence-corrected chi connectivity index (χ0v) is 16.3. The maximum atomic E-state index is 12.4. The van der Waals surface area contributed by atoms with Crippen molar-refractivity contribution in [1.29, 1.82) is 0 Å². The first kappa shape index (κ1) is 19.2. The maximum Gasteiger partial charge on any atom is 0.271 e. The summed E-state index contributed by atoms with van der Waals surface area (Å²) in [6, 6.07) is 8.52. The lowest BCUT2D eigenvalue weighted by Crippen LogP contribution is -2.30. The van der Waals surface area contributed by atoms with E-state index in [1.165, 1.54) is 40.7 Å². The second-order valence-electron chi connectivity index (χ2n) is 4.78. The molecule has 0 bridgehead atoms. The van der Waals surface area contributed by atoms with Crippen LogP contribution in [0.2, 0.25) is 4.34 Å². The fourth-order valence-electron chi connectivity index (χ4n) is 2.06. The third-order valence-corrected chi connectivity index (χ3v) is 8.43. The first-order valence-electron chi connectivity index (χ1n) is 7.09. The number of nitrogens with one attached hydrogen (secondary N) is 1. The molecule has 0 unspecified atom stereocenters. The summed E-state index contributed by atoms with van der Waals surface area (Å²) in [4.78, 5) is 0.119. The Morgan fingerprint density at radius 1 is 1.00 bits per heavy atom. The van der Waals surface area contributed by atoms with Crippen LogP contribution in [-0.2, 0) is 20.0 Å². The van der Waals surface area contributed by atoms with Crippen LogP contribution in [0.4, 0.5) is 5.69 Å². The summed E-state index contributed by atoms with van der Waals surface area (Å²) in [5, 5.41) is 0. The van der Waals surface area contributed by atoms with Gasteiger partial charge >= 0.3 is 0 Å². The van der Waals surface area contributed by atoms with Crippen molar-refractivity contribution in [1.82, 2.24) is 4.31 Å². The highest BCUT2D eigenvalue weighted by molar-refractivity contribution is 7.94. The first-order chi connectivity index (χ1) is 11.2. The Kier molecular flexibility index (Phi) is 5.92. The molecule has 132 valence electrons. The van der Waals surface area contributed by atoms with Crippen LogP contribution in [0.25, 0.3) is 0 Å². The van der Waals surface area contributed by atoms with Gasteiger partial charge in [-0.1, -0.05) is 25.4 Å². The zero-order chi connectivity index (χ0) is 18.0. The second-order valence-corrected chi connectivity index (χ2v) is 10.3. The predicted octanol–water partition coefficient (Wildman–Crippen LogP) is 3.23. The topological polar surface area (TPSA) is 83.6 Å². The van der Waals surface area contributed by atoms with Crippen molar-refractivity contribution in [2.24, 2.45) is 0 Å². The van der Waals surface area contributed by atoms with Crippen LogP contribution in [0, 0.1) is 0 Å². The van der Waals surface area contributed by atoms with Gasteiger partial charge in [0.05, 0.1) is 9.23 Å². The van der Waals surface area contributed by atoms with Gasteiger partial charge in [-0.15, -0.1) is 11.3 Å². The minimum atomic E-state index is -3.74. The molecule has 0 fully saturated rings. The van der Waals surface area contributed by atoms with Crippen molar-refractivity contribution in [3.63, 3.8) is 0 Å². The molecule has 10 heteroatoms. The summed E-state index contributed by atoms with van der Waals surface area (Å²) in [6.07, 6.45) is 0. The van der Waals surface area contributed by atoms with Gasteiger partial charge in [-0.05, 0) is 36.4 Å². The molecule has 1 heterocycles.